The molecule has 0 aliphatic carbocycles. The lowest BCUT2D eigenvalue weighted by atomic mass is 10.2. The van der Waals surface area contributed by atoms with Gasteiger partial charge in [0.05, 0.1) is 5.69 Å². The molecule has 3 heterocycles. The van der Waals surface area contributed by atoms with Gasteiger partial charge in [-0.2, -0.15) is 4.68 Å². The summed E-state index contributed by atoms with van der Waals surface area (Å²) in [5.41, 5.74) is 1.04. The van der Waals surface area contributed by atoms with Crippen molar-refractivity contribution in [2.75, 3.05) is 0 Å². The second-order valence-corrected chi connectivity index (χ2v) is 8.69. The van der Waals surface area contributed by atoms with Crippen LogP contribution >= 0.6 is 0 Å². The summed E-state index contributed by atoms with van der Waals surface area (Å²) in [6, 6.07) is 4.91. The van der Waals surface area contributed by atoms with E-state index in [1.807, 2.05) is 39.8 Å². The van der Waals surface area contributed by atoms with Crippen LogP contribution in [0.4, 0.5) is 4.79 Å². The molecule has 10 heteroatoms. The Labute approximate surface area is 157 Å². The zero-order valence-electron chi connectivity index (χ0n) is 15.6. The largest absolute Gasteiger partial charge is 0.346 e. The zero-order valence-corrected chi connectivity index (χ0v) is 16.5. The van der Waals surface area contributed by atoms with Crippen LogP contribution in [0.15, 0.2) is 42.1 Å². The molecule has 9 nitrogen and oxygen atoms in total. The Morgan fingerprint density at radius 2 is 1.89 bits per heavy atom. The van der Waals surface area contributed by atoms with Crippen molar-refractivity contribution in [1.82, 2.24) is 29.0 Å². The molecular formula is C17H22N6O3S. The fourth-order valence-corrected chi connectivity index (χ4v) is 4.03. The predicted molar refractivity (Wildman–Crippen MR) is 99.0 cm³/mol. The smallest absolute Gasteiger partial charge is 0.318 e. The third kappa shape index (κ3) is 3.85. The van der Waals surface area contributed by atoms with Crippen LogP contribution in [0.5, 0.6) is 0 Å². The quantitative estimate of drug-likeness (QED) is 0.660. The van der Waals surface area contributed by atoms with Crippen LogP contribution in [-0.2, 0) is 15.6 Å². The van der Waals surface area contributed by atoms with Gasteiger partial charge in [-0.15, -0.1) is 5.10 Å². The number of aromatic nitrogens is 5. The summed E-state index contributed by atoms with van der Waals surface area (Å²) in [5.74, 6) is -0.342. The van der Waals surface area contributed by atoms with E-state index in [2.05, 4.69) is 15.1 Å². The highest BCUT2D eigenvalue weighted by Crippen LogP contribution is 2.14. The van der Waals surface area contributed by atoms with Crippen molar-refractivity contribution in [2.24, 2.45) is 0 Å². The fraction of sp³-hybridized carbons (Fsp3) is 0.412. The number of carbonyl (C=O) groups is 1. The van der Waals surface area contributed by atoms with Gasteiger partial charge < -0.3 is 9.30 Å². The molecule has 0 unspecified atom stereocenters. The van der Waals surface area contributed by atoms with Gasteiger partial charge in [-0.1, -0.05) is 6.07 Å². The van der Waals surface area contributed by atoms with Gasteiger partial charge in [-0.3, -0.25) is 0 Å². The Balaban J connectivity index is 1.84. The van der Waals surface area contributed by atoms with Crippen LogP contribution in [0.2, 0.25) is 0 Å². The molecule has 3 aromatic heterocycles. The number of amides is 1. The minimum absolute atomic E-state index is 0.0558. The van der Waals surface area contributed by atoms with E-state index in [1.54, 1.807) is 27.8 Å². The van der Waals surface area contributed by atoms with Crippen LogP contribution < -0.4 is 0 Å². The molecule has 144 valence electrons. The number of rotatable bonds is 5. The van der Waals surface area contributed by atoms with Crippen LogP contribution in [0.3, 0.4) is 0 Å². The van der Waals surface area contributed by atoms with E-state index < -0.39 is 15.9 Å². The molecule has 1 amide bonds. The maximum atomic E-state index is 12.6. The first-order valence-corrected chi connectivity index (χ1v) is 10.2. The van der Waals surface area contributed by atoms with E-state index >= 15 is 0 Å². The van der Waals surface area contributed by atoms with Gasteiger partial charge in [-0.05, 0) is 39.8 Å². The van der Waals surface area contributed by atoms with E-state index in [4.69, 9.17) is 0 Å². The van der Waals surface area contributed by atoms with Gasteiger partial charge in [0.1, 0.15) is 17.7 Å². The van der Waals surface area contributed by atoms with Gasteiger partial charge in [0.15, 0.2) is 0 Å². The summed E-state index contributed by atoms with van der Waals surface area (Å²) in [6.45, 7) is 7.54. The Morgan fingerprint density at radius 3 is 2.52 bits per heavy atom. The van der Waals surface area contributed by atoms with Gasteiger partial charge in [0.2, 0.25) is 9.84 Å². The number of sulfone groups is 1. The average molecular weight is 390 g/mol. The summed E-state index contributed by atoms with van der Waals surface area (Å²) in [4.78, 5) is 22.4. The van der Waals surface area contributed by atoms with Crippen LogP contribution in [0, 0.1) is 0 Å². The molecule has 0 saturated carbocycles. The molecule has 0 atom stereocenters. The molecule has 0 bridgehead atoms. The topological polar surface area (TPSA) is 102 Å². The molecule has 0 N–H and O–H groups in total. The molecule has 0 aliphatic heterocycles. The van der Waals surface area contributed by atoms with Crippen molar-refractivity contribution < 1.29 is 13.2 Å². The zero-order chi connectivity index (χ0) is 19.8. The van der Waals surface area contributed by atoms with E-state index in [0.717, 1.165) is 11.0 Å². The Bertz CT molecular complexity index is 1030. The molecule has 27 heavy (non-hydrogen) atoms. The van der Waals surface area contributed by atoms with Gasteiger partial charge >= 0.3 is 6.03 Å². The van der Waals surface area contributed by atoms with Gasteiger partial charge in [0.25, 0.3) is 5.16 Å². The molecule has 0 saturated heterocycles. The Hall–Kier alpha value is -2.75. The number of pyridine rings is 1. The summed E-state index contributed by atoms with van der Waals surface area (Å²) in [7, 11) is -3.83. The van der Waals surface area contributed by atoms with Gasteiger partial charge in [-0.25, -0.2) is 23.2 Å². The van der Waals surface area contributed by atoms with Crippen LogP contribution in [0.1, 0.15) is 33.4 Å². The molecule has 0 aliphatic rings. The number of imidazole rings is 1. The highest BCUT2D eigenvalue weighted by Gasteiger charge is 2.27. The Kier molecular flexibility index (Phi) is 5.01. The SMILES string of the molecule is CC(C)N(C(=O)n1cnc(S(=O)(=O)Cc2cn3ccccc3n2)n1)C(C)C. The van der Waals surface area contributed by atoms with Crippen molar-refractivity contribution in [2.45, 2.75) is 50.7 Å². The number of hydrogen-bond donors (Lipinski definition) is 0. The normalized spacial score (nSPS) is 12.2. The molecule has 3 rings (SSSR count). The van der Waals surface area contributed by atoms with Crippen molar-refractivity contribution in [3.05, 3.63) is 42.6 Å². The lowest BCUT2D eigenvalue weighted by Gasteiger charge is -2.29. The van der Waals surface area contributed by atoms with E-state index in [-0.39, 0.29) is 23.0 Å². The number of fused-ring (bicyclic) bond motifs is 1. The first kappa shape index (κ1) is 19.0. The number of hydrogen-bond acceptors (Lipinski definition) is 6. The Morgan fingerprint density at radius 1 is 1.19 bits per heavy atom. The van der Waals surface area contributed by atoms with Crippen LogP contribution in [0.25, 0.3) is 5.65 Å². The summed E-state index contributed by atoms with van der Waals surface area (Å²) >= 11 is 0. The molecule has 3 aromatic rings. The minimum Gasteiger partial charge on any atom is -0.318 e. The van der Waals surface area contributed by atoms with Gasteiger partial charge in [0, 0.05) is 24.5 Å². The standard InChI is InChI=1S/C17H22N6O3S/c1-12(2)23(13(3)4)17(24)22-11-18-16(20-22)27(25,26)10-14-9-21-8-6-5-7-15(21)19-14/h5-9,11-13H,10H2,1-4H3. The predicted octanol–water partition coefficient (Wildman–Crippen LogP) is 1.99. The monoisotopic (exact) mass is 390 g/mol. The summed E-state index contributed by atoms with van der Waals surface area (Å²) in [5, 5.41) is 3.52. The van der Waals surface area contributed by atoms with Crippen molar-refractivity contribution in [1.29, 1.82) is 0 Å². The molecule has 0 aromatic carbocycles. The molecular weight excluding hydrogens is 368 g/mol. The summed E-state index contributed by atoms with van der Waals surface area (Å²) < 4.78 is 28.0. The number of carbonyl (C=O) groups excluding carboxylic acids is 1. The van der Waals surface area contributed by atoms with Crippen molar-refractivity contribution in [3.63, 3.8) is 0 Å². The number of nitrogens with zero attached hydrogens (tertiary/aromatic N) is 6. The van der Waals surface area contributed by atoms with E-state index in [1.165, 1.54) is 0 Å². The van der Waals surface area contributed by atoms with Crippen molar-refractivity contribution >= 4 is 21.5 Å². The maximum Gasteiger partial charge on any atom is 0.346 e. The van der Waals surface area contributed by atoms with E-state index in [0.29, 0.717) is 11.3 Å². The van der Waals surface area contributed by atoms with E-state index in [9.17, 15) is 13.2 Å². The second kappa shape index (κ2) is 7.10. The third-order valence-corrected chi connectivity index (χ3v) is 5.45. The van der Waals surface area contributed by atoms with Crippen LogP contribution in [-0.4, -0.2) is 55.6 Å². The fourth-order valence-electron chi connectivity index (χ4n) is 2.95. The lowest BCUT2D eigenvalue weighted by molar-refractivity contribution is 0.163. The highest BCUT2D eigenvalue weighted by molar-refractivity contribution is 7.90. The maximum absolute atomic E-state index is 12.6. The molecule has 0 spiro atoms. The first-order valence-electron chi connectivity index (χ1n) is 8.59. The molecule has 0 fully saturated rings. The second-order valence-electron chi connectivity index (χ2n) is 6.81. The molecule has 0 radical (unpaired) electrons. The first-order chi connectivity index (χ1) is 12.7. The average Bonchev–Trinajstić information content (AvgIpc) is 3.20. The van der Waals surface area contributed by atoms with Crippen molar-refractivity contribution in [3.8, 4) is 0 Å². The third-order valence-electron chi connectivity index (χ3n) is 4.03. The minimum atomic E-state index is -3.83. The highest BCUT2D eigenvalue weighted by atomic mass is 32.2. The lowest BCUT2D eigenvalue weighted by Crippen LogP contribution is -2.44. The summed E-state index contributed by atoms with van der Waals surface area (Å²) in [6.07, 6.45) is 4.57.